The number of hydrogen-bond donors (Lipinski definition) is 3. The Kier molecular flexibility index (Phi) is 12.4. The fourth-order valence-electron chi connectivity index (χ4n) is 6.07. The quantitative estimate of drug-likeness (QED) is 0.204. The van der Waals surface area contributed by atoms with Gasteiger partial charge in [-0.1, -0.05) is 43.3 Å². The number of hydrogen-bond acceptors (Lipinski definition) is 7. The monoisotopic (exact) mass is 681 g/mol. The van der Waals surface area contributed by atoms with Crippen molar-refractivity contribution in [1.82, 2.24) is 14.8 Å². The van der Waals surface area contributed by atoms with Crippen LogP contribution in [0.1, 0.15) is 60.7 Å². The molecule has 4 amide bonds. The predicted molar refractivity (Wildman–Crippen MR) is 195 cm³/mol. The molecule has 0 saturated heterocycles. The summed E-state index contributed by atoms with van der Waals surface area (Å²) in [5.74, 6) is -0.500. The van der Waals surface area contributed by atoms with Crippen LogP contribution in [0.5, 0.6) is 5.75 Å². The first-order valence-corrected chi connectivity index (χ1v) is 17.2. The molecule has 264 valence electrons. The number of ether oxygens (including phenoxy) is 2. The smallest absolute Gasteiger partial charge is 0.321 e. The second-order valence-corrected chi connectivity index (χ2v) is 13.0. The molecule has 0 radical (unpaired) electrons. The first-order valence-electron chi connectivity index (χ1n) is 17.2. The van der Waals surface area contributed by atoms with Crippen LogP contribution in [-0.4, -0.2) is 89.3 Å². The van der Waals surface area contributed by atoms with E-state index in [0.717, 1.165) is 35.7 Å². The van der Waals surface area contributed by atoms with Gasteiger partial charge in [-0.25, -0.2) is 4.79 Å². The van der Waals surface area contributed by atoms with Crippen LogP contribution in [0.3, 0.4) is 0 Å². The Balaban J connectivity index is 1.38. The molecule has 50 heavy (non-hydrogen) atoms. The number of urea groups is 1. The average molecular weight is 682 g/mol. The van der Waals surface area contributed by atoms with E-state index < -0.39 is 12.1 Å². The molecule has 5 rings (SSSR count). The molecule has 4 atom stereocenters. The third-order valence-corrected chi connectivity index (χ3v) is 9.08. The van der Waals surface area contributed by atoms with Crippen molar-refractivity contribution in [3.8, 4) is 5.75 Å². The van der Waals surface area contributed by atoms with E-state index in [4.69, 9.17) is 9.47 Å². The SMILES string of the molecule is C[C@@H]1CN([C@@H](C)CO)C(=O)c2cc(NC(=O)c3ccncc3)ccc2O[C@@H](C)CCCCO[C@H]1CN(C)C(=O)Nc1cccc2ccccc12. The Hall–Kier alpha value is -5.00. The topological polar surface area (TPSA) is 133 Å². The minimum atomic E-state index is -0.536. The minimum Gasteiger partial charge on any atom is -0.490 e. The minimum absolute atomic E-state index is 0.191. The molecular weight excluding hydrogens is 634 g/mol. The van der Waals surface area contributed by atoms with Gasteiger partial charge >= 0.3 is 6.03 Å². The number of aliphatic hydroxyl groups is 1. The fourth-order valence-corrected chi connectivity index (χ4v) is 6.07. The average Bonchev–Trinajstić information content (AvgIpc) is 3.13. The highest BCUT2D eigenvalue weighted by molar-refractivity contribution is 6.05. The molecule has 1 aliphatic heterocycles. The van der Waals surface area contributed by atoms with E-state index in [1.165, 1.54) is 0 Å². The van der Waals surface area contributed by atoms with Crippen LogP contribution in [0, 0.1) is 5.92 Å². The number of pyridine rings is 1. The van der Waals surface area contributed by atoms with Gasteiger partial charge in [0.2, 0.25) is 0 Å². The molecule has 2 heterocycles. The number of benzene rings is 3. The van der Waals surface area contributed by atoms with Crippen molar-refractivity contribution in [3.05, 3.63) is 96.3 Å². The van der Waals surface area contributed by atoms with Crippen molar-refractivity contribution in [1.29, 1.82) is 0 Å². The number of rotatable bonds is 7. The van der Waals surface area contributed by atoms with Gasteiger partial charge in [-0.15, -0.1) is 0 Å². The Morgan fingerprint density at radius 3 is 2.56 bits per heavy atom. The Morgan fingerprint density at radius 2 is 1.78 bits per heavy atom. The second-order valence-electron chi connectivity index (χ2n) is 13.0. The van der Waals surface area contributed by atoms with Crippen LogP contribution in [0.4, 0.5) is 16.2 Å². The number of carbonyl (C=O) groups is 3. The van der Waals surface area contributed by atoms with Crippen LogP contribution in [0.25, 0.3) is 10.8 Å². The molecule has 1 aromatic heterocycles. The van der Waals surface area contributed by atoms with Crippen LogP contribution in [0.2, 0.25) is 0 Å². The summed E-state index contributed by atoms with van der Waals surface area (Å²) in [5.41, 5.74) is 1.86. The van der Waals surface area contributed by atoms with Gasteiger partial charge in [-0.2, -0.15) is 0 Å². The summed E-state index contributed by atoms with van der Waals surface area (Å²) in [6, 6.07) is 21.1. The summed E-state index contributed by atoms with van der Waals surface area (Å²) in [6.45, 7) is 6.49. The van der Waals surface area contributed by atoms with Gasteiger partial charge in [0.15, 0.2) is 0 Å². The summed E-state index contributed by atoms with van der Waals surface area (Å²) in [4.78, 5) is 48.0. The van der Waals surface area contributed by atoms with Crippen LogP contribution < -0.4 is 15.4 Å². The first-order chi connectivity index (χ1) is 24.1. The molecule has 0 aliphatic carbocycles. The van der Waals surface area contributed by atoms with Crippen LogP contribution in [-0.2, 0) is 4.74 Å². The number of aliphatic hydroxyl groups excluding tert-OH is 1. The predicted octanol–water partition coefficient (Wildman–Crippen LogP) is 6.45. The zero-order chi connectivity index (χ0) is 35.6. The van der Waals surface area contributed by atoms with Crippen molar-refractivity contribution >= 4 is 40.0 Å². The van der Waals surface area contributed by atoms with Gasteiger partial charge in [0.25, 0.3) is 11.8 Å². The Labute approximate surface area is 293 Å². The number of amides is 4. The number of aromatic nitrogens is 1. The number of likely N-dealkylation sites (N-methyl/N-ethyl adjacent to an activating group) is 1. The molecule has 4 aromatic rings. The third kappa shape index (κ3) is 9.16. The lowest BCUT2D eigenvalue weighted by Crippen LogP contribution is -2.48. The molecule has 3 aromatic carbocycles. The summed E-state index contributed by atoms with van der Waals surface area (Å²) in [5, 5.41) is 18.2. The third-order valence-electron chi connectivity index (χ3n) is 9.08. The number of carbonyl (C=O) groups excluding carboxylic acids is 3. The molecule has 11 heteroatoms. The normalized spacial score (nSPS) is 19.4. The molecular formula is C39H47N5O6. The molecule has 0 fully saturated rings. The van der Waals surface area contributed by atoms with Crippen LogP contribution >= 0.6 is 0 Å². The van der Waals surface area contributed by atoms with Crippen molar-refractivity contribution in [2.24, 2.45) is 5.92 Å². The highest BCUT2D eigenvalue weighted by atomic mass is 16.5. The maximum atomic E-state index is 14.4. The molecule has 11 nitrogen and oxygen atoms in total. The van der Waals surface area contributed by atoms with E-state index in [1.54, 1.807) is 66.5 Å². The summed E-state index contributed by atoms with van der Waals surface area (Å²) < 4.78 is 12.7. The van der Waals surface area contributed by atoms with Gasteiger partial charge in [0.1, 0.15) is 5.75 Å². The molecule has 0 unspecified atom stereocenters. The van der Waals surface area contributed by atoms with E-state index in [-0.39, 0.29) is 55.1 Å². The van der Waals surface area contributed by atoms with Gasteiger partial charge in [-0.05, 0) is 74.9 Å². The van der Waals surface area contributed by atoms with E-state index in [1.807, 2.05) is 56.3 Å². The molecule has 0 spiro atoms. The maximum absolute atomic E-state index is 14.4. The Morgan fingerprint density at radius 1 is 1.02 bits per heavy atom. The van der Waals surface area contributed by atoms with E-state index in [0.29, 0.717) is 23.6 Å². The maximum Gasteiger partial charge on any atom is 0.321 e. The Bertz CT molecular complexity index is 1760. The lowest BCUT2D eigenvalue weighted by atomic mass is 10.0. The molecule has 0 bridgehead atoms. The summed E-state index contributed by atoms with van der Waals surface area (Å²) in [6.07, 6.45) is 4.87. The second kappa shape index (κ2) is 17.1. The highest BCUT2D eigenvalue weighted by Gasteiger charge is 2.31. The van der Waals surface area contributed by atoms with Crippen molar-refractivity contribution in [3.63, 3.8) is 0 Å². The van der Waals surface area contributed by atoms with Crippen molar-refractivity contribution < 1.29 is 29.0 Å². The summed E-state index contributed by atoms with van der Waals surface area (Å²) >= 11 is 0. The van der Waals surface area contributed by atoms with E-state index in [9.17, 15) is 19.5 Å². The zero-order valence-corrected chi connectivity index (χ0v) is 29.2. The summed E-state index contributed by atoms with van der Waals surface area (Å²) in [7, 11) is 1.73. The zero-order valence-electron chi connectivity index (χ0n) is 29.2. The van der Waals surface area contributed by atoms with Gasteiger partial charge in [0.05, 0.1) is 36.1 Å². The van der Waals surface area contributed by atoms with Gasteiger partial charge < -0.3 is 35.0 Å². The lowest BCUT2D eigenvalue weighted by molar-refractivity contribution is -0.0115. The fraction of sp³-hybridized carbons (Fsp3) is 0.385. The number of nitrogens with one attached hydrogen (secondary N) is 2. The number of fused-ring (bicyclic) bond motifs is 2. The van der Waals surface area contributed by atoms with Crippen LogP contribution in [0.15, 0.2) is 85.2 Å². The molecule has 1 aliphatic rings. The van der Waals surface area contributed by atoms with Crippen molar-refractivity contribution in [2.75, 3.05) is 44.0 Å². The first kappa shape index (κ1) is 36.3. The lowest BCUT2D eigenvalue weighted by Gasteiger charge is -2.35. The number of anilines is 2. The molecule has 3 N–H and O–H groups in total. The van der Waals surface area contributed by atoms with E-state index in [2.05, 4.69) is 15.6 Å². The van der Waals surface area contributed by atoms with Gasteiger partial charge in [0, 0.05) is 61.7 Å². The molecule has 0 saturated carbocycles. The largest absolute Gasteiger partial charge is 0.490 e. The van der Waals surface area contributed by atoms with Gasteiger partial charge in [-0.3, -0.25) is 14.6 Å². The number of nitrogens with zero attached hydrogens (tertiary/aromatic N) is 3. The standard InChI is InChI=1S/C39H47N5O6/c1-26-23-44(27(2)25-45)38(47)33-22-31(41-37(46)30-17-19-40-20-18-30)15-16-35(33)50-28(3)10-7-8-21-49-36(26)24-43(4)39(48)42-34-14-9-12-29-11-5-6-13-32(29)34/h5-6,9,11-20,22,26-28,36,45H,7-8,10,21,23-25H2,1-4H3,(H,41,46)(H,42,48)/t26-,27+,28+,36+/m1/s1. The van der Waals surface area contributed by atoms with E-state index >= 15 is 0 Å². The van der Waals surface area contributed by atoms with Crippen molar-refractivity contribution in [2.45, 2.75) is 58.3 Å². The highest BCUT2D eigenvalue weighted by Crippen LogP contribution is 2.29.